The van der Waals surface area contributed by atoms with E-state index in [1.54, 1.807) is 14.0 Å². The third kappa shape index (κ3) is 7.31. The Morgan fingerprint density at radius 2 is 2.05 bits per heavy atom. The SMILES string of the molecule is CCCCC1(/C=N/C)CCCN(S(=O)(=O)NC(=O)c2coc(Nc3cc(C(F)(F)F)ccc3C)n2)CC1. The fraction of sp³-hybridized carbons (Fsp3) is 0.542. The number of benzene rings is 1. The van der Waals surface area contributed by atoms with Crippen molar-refractivity contribution in [2.45, 2.75) is 58.5 Å². The number of oxazole rings is 1. The molecule has 1 aliphatic heterocycles. The Balaban J connectivity index is 1.68. The smallest absolute Gasteiger partial charge is 0.416 e. The minimum absolute atomic E-state index is 0.0861. The number of rotatable bonds is 9. The van der Waals surface area contributed by atoms with Gasteiger partial charge in [0.2, 0.25) is 0 Å². The number of aryl methyl sites for hydroxylation is 1. The van der Waals surface area contributed by atoms with E-state index >= 15 is 0 Å². The maximum absolute atomic E-state index is 13.0. The summed E-state index contributed by atoms with van der Waals surface area (Å²) >= 11 is 0. The number of aliphatic imine (C=N–C) groups is 1. The van der Waals surface area contributed by atoms with Crippen LogP contribution in [0.5, 0.6) is 0 Å². The third-order valence-electron chi connectivity index (χ3n) is 6.48. The Bertz CT molecular complexity index is 1230. The third-order valence-corrected chi connectivity index (χ3v) is 7.97. The van der Waals surface area contributed by atoms with Gasteiger partial charge < -0.3 is 14.7 Å². The fourth-order valence-electron chi connectivity index (χ4n) is 4.40. The van der Waals surface area contributed by atoms with Crippen molar-refractivity contribution in [1.82, 2.24) is 14.0 Å². The molecule has 9 nitrogen and oxygen atoms in total. The Hall–Kier alpha value is -2.93. The molecule has 13 heteroatoms. The molecule has 1 atom stereocenters. The normalized spacial score (nSPS) is 19.6. The highest BCUT2D eigenvalue weighted by molar-refractivity contribution is 7.87. The van der Waals surface area contributed by atoms with E-state index < -0.39 is 27.9 Å². The lowest BCUT2D eigenvalue weighted by atomic mass is 9.77. The molecule has 1 amide bonds. The number of unbranched alkanes of at least 4 members (excludes halogenated alkanes) is 1. The van der Waals surface area contributed by atoms with E-state index in [-0.39, 0.29) is 35.9 Å². The molecule has 204 valence electrons. The fourth-order valence-corrected chi connectivity index (χ4v) is 5.57. The number of nitrogens with one attached hydrogen (secondary N) is 2. The van der Waals surface area contributed by atoms with Crippen molar-refractivity contribution in [3.8, 4) is 0 Å². The minimum Gasteiger partial charge on any atom is -0.431 e. The second-order valence-corrected chi connectivity index (χ2v) is 10.9. The van der Waals surface area contributed by atoms with E-state index in [9.17, 15) is 26.4 Å². The lowest BCUT2D eigenvalue weighted by Crippen LogP contribution is -2.44. The van der Waals surface area contributed by atoms with Gasteiger partial charge in [-0.15, -0.1) is 0 Å². The van der Waals surface area contributed by atoms with Crippen molar-refractivity contribution < 1.29 is 30.8 Å². The van der Waals surface area contributed by atoms with Crippen LogP contribution in [0, 0.1) is 12.3 Å². The molecule has 1 saturated heterocycles. The molecule has 3 rings (SSSR count). The Labute approximate surface area is 214 Å². The Morgan fingerprint density at radius 1 is 1.30 bits per heavy atom. The van der Waals surface area contributed by atoms with Gasteiger partial charge in [0.05, 0.1) is 5.56 Å². The molecular weight excluding hydrogens is 511 g/mol. The number of nitrogens with zero attached hydrogens (tertiary/aromatic N) is 3. The van der Waals surface area contributed by atoms with E-state index in [0.29, 0.717) is 18.4 Å². The van der Waals surface area contributed by atoms with Gasteiger partial charge >= 0.3 is 16.4 Å². The van der Waals surface area contributed by atoms with E-state index in [0.717, 1.165) is 44.1 Å². The zero-order valence-electron chi connectivity index (χ0n) is 21.1. The van der Waals surface area contributed by atoms with Crippen LogP contribution in [0.3, 0.4) is 0 Å². The van der Waals surface area contributed by atoms with Crippen molar-refractivity contribution in [2.75, 3.05) is 25.5 Å². The monoisotopic (exact) mass is 543 g/mol. The number of hydrogen-bond donors (Lipinski definition) is 2. The maximum atomic E-state index is 13.0. The van der Waals surface area contributed by atoms with Crippen molar-refractivity contribution in [3.63, 3.8) is 0 Å². The number of anilines is 2. The highest BCUT2D eigenvalue weighted by Crippen LogP contribution is 2.36. The van der Waals surface area contributed by atoms with E-state index in [2.05, 4.69) is 22.2 Å². The van der Waals surface area contributed by atoms with Crippen molar-refractivity contribution in [3.05, 3.63) is 41.3 Å². The van der Waals surface area contributed by atoms with Gasteiger partial charge in [0.1, 0.15) is 6.26 Å². The number of halogens is 3. The van der Waals surface area contributed by atoms with Crippen LogP contribution >= 0.6 is 0 Å². The second kappa shape index (κ2) is 11.6. The summed E-state index contributed by atoms with van der Waals surface area (Å²) in [6.07, 6.45) is 3.30. The molecular formula is C24H32F3N5O4S. The molecule has 0 radical (unpaired) electrons. The quantitative estimate of drug-likeness (QED) is 0.426. The first-order chi connectivity index (χ1) is 17.4. The van der Waals surface area contributed by atoms with Crippen LogP contribution in [0.25, 0.3) is 0 Å². The van der Waals surface area contributed by atoms with Gasteiger partial charge in [-0.3, -0.25) is 4.79 Å². The molecule has 1 unspecified atom stereocenters. The molecule has 37 heavy (non-hydrogen) atoms. The van der Waals surface area contributed by atoms with Gasteiger partial charge in [-0.1, -0.05) is 25.8 Å². The van der Waals surface area contributed by atoms with Gasteiger partial charge in [-0.25, -0.2) is 4.72 Å². The average Bonchev–Trinajstić information content (AvgIpc) is 3.18. The van der Waals surface area contributed by atoms with Crippen LogP contribution in [0.4, 0.5) is 24.9 Å². The van der Waals surface area contributed by atoms with Crippen LogP contribution in [-0.2, 0) is 16.4 Å². The lowest BCUT2D eigenvalue weighted by molar-refractivity contribution is -0.137. The Kier molecular flexibility index (Phi) is 9.00. The number of hydrogen-bond acceptors (Lipinski definition) is 7. The van der Waals surface area contributed by atoms with Crippen LogP contribution in [-0.4, -0.2) is 50.0 Å². The largest absolute Gasteiger partial charge is 0.431 e. The van der Waals surface area contributed by atoms with Crippen LogP contribution < -0.4 is 10.0 Å². The molecule has 0 saturated carbocycles. The number of carbonyl (C=O) groups excluding carboxylic acids is 1. The summed E-state index contributed by atoms with van der Waals surface area (Å²) in [4.78, 5) is 20.7. The van der Waals surface area contributed by atoms with Crippen LogP contribution in [0.15, 0.2) is 33.9 Å². The van der Waals surface area contributed by atoms with Gasteiger partial charge in [0.15, 0.2) is 5.69 Å². The van der Waals surface area contributed by atoms with Crippen molar-refractivity contribution >= 4 is 34.0 Å². The van der Waals surface area contributed by atoms with Crippen molar-refractivity contribution in [1.29, 1.82) is 0 Å². The van der Waals surface area contributed by atoms with E-state index in [4.69, 9.17) is 4.42 Å². The molecule has 0 aliphatic carbocycles. The predicted octanol–water partition coefficient (Wildman–Crippen LogP) is 5.08. The topological polar surface area (TPSA) is 117 Å². The summed E-state index contributed by atoms with van der Waals surface area (Å²) in [5.41, 5.74) is -0.793. The summed E-state index contributed by atoms with van der Waals surface area (Å²) < 4.78 is 73.4. The van der Waals surface area contributed by atoms with Crippen molar-refractivity contribution in [2.24, 2.45) is 10.4 Å². The van der Waals surface area contributed by atoms with Gasteiger partial charge in [-0.2, -0.15) is 30.9 Å². The maximum Gasteiger partial charge on any atom is 0.416 e. The molecule has 2 heterocycles. The van der Waals surface area contributed by atoms with Crippen LogP contribution in [0.2, 0.25) is 0 Å². The predicted molar refractivity (Wildman–Crippen MR) is 134 cm³/mol. The van der Waals surface area contributed by atoms with Gasteiger partial charge in [0, 0.05) is 37.5 Å². The summed E-state index contributed by atoms with van der Waals surface area (Å²) in [6.45, 7) is 4.19. The summed E-state index contributed by atoms with van der Waals surface area (Å²) in [6, 6.07) is 2.89. The van der Waals surface area contributed by atoms with Gasteiger partial charge in [-0.05, 0) is 50.3 Å². The summed E-state index contributed by atoms with van der Waals surface area (Å²) in [5, 5.41) is 2.60. The van der Waals surface area contributed by atoms with E-state index in [1.807, 2.05) is 10.9 Å². The first kappa shape index (κ1) is 28.6. The minimum atomic E-state index is -4.54. The zero-order valence-corrected chi connectivity index (χ0v) is 21.9. The molecule has 1 fully saturated rings. The number of carbonyl (C=O) groups is 1. The van der Waals surface area contributed by atoms with Gasteiger partial charge in [0.25, 0.3) is 11.9 Å². The standard InChI is InChI=1S/C24H32F3N5O4S/c1-4-5-9-23(16-28-3)10-6-12-32(13-11-23)37(34,35)31-21(33)20-15-36-22(30-20)29-19-14-18(24(25,26)27)8-7-17(19)2/h7-8,14-16H,4-6,9-13H2,1-3H3,(H,29,30)(H,31,33)/b28-16+. The molecule has 2 N–H and O–H groups in total. The Morgan fingerprint density at radius 3 is 2.73 bits per heavy atom. The highest BCUT2D eigenvalue weighted by Gasteiger charge is 2.35. The molecule has 1 aromatic heterocycles. The first-order valence-electron chi connectivity index (χ1n) is 12.0. The number of aromatic nitrogens is 1. The molecule has 1 aromatic carbocycles. The number of amides is 1. The molecule has 0 bridgehead atoms. The first-order valence-corrected chi connectivity index (χ1v) is 13.5. The average molecular weight is 544 g/mol. The lowest BCUT2D eigenvalue weighted by Gasteiger charge is -2.28. The van der Waals surface area contributed by atoms with Crippen LogP contribution in [0.1, 0.15) is 67.1 Å². The molecule has 0 spiro atoms. The zero-order chi connectivity index (χ0) is 27.3. The summed E-state index contributed by atoms with van der Waals surface area (Å²) in [5.74, 6) is -1.01. The number of alkyl halides is 3. The van der Waals surface area contributed by atoms with E-state index in [1.165, 1.54) is 10.4 Å². The highest BCUT2D eigenvalue weighted by atomic mass is 32.2. The summed E-state index contributed by atoms with van der Waals surface area (Å²) in [7, 11) is -2.44. The molecule has 2 aromatic rings. The second-order valence-electron chi connectivity index (χ2n) is 9.23. The molecule has 1 aliphatic rings.